The van der Waals surface area contributed by atoms with E-state index >= 15 is 0 Å². The summed E-state index contributed by atoms with van der Waals surface area (Å²) < 4.78 is 0. The van der Waals surface area contributed by atoms with Crippen molar-refractivity contribution < 1.29 is 9.90 Å². The van der Waals surface area contributed by atoms with Crippen molar-refractivity contribution in [2.75, 3.05) is 11.4 Å². The number of carbonyl (C=O) groups excluding carboxylic acids is 1. The zero-order valence-corrected chi connectivity index (χ0v) is 12.5. The van der Waals surface area contributed by atoms with Crippen molar-refractivity contribution in [1.29, 1.82) is 0 Å². The number of halogens is 1. The molecule has 0 radical (unpaired) electrons. The summed E-state index contributed by atoms with van der Waals surface area (Å²) >= 11 is 6.12. The summed E-state index contributed by atoms with van der Waals surface area (Å²) in [5.74, 6) is -0.136. The molecule has 1 aliphatic heterocycles. The maximum absolute atomic E-state index is 12.8. The van der Waals surface area contributed by atoms with Crippen molar-refractivity contribution in [2.45, 2.75) is 18.9 Å². The molecule has 21 heavy (non-hydrogen) atoms. The molecule has 0 saturated heterocycles. The van der Waals surface area contributed by atoms with E-state index in [-0.39, 0.29) is 5.91 Å². The summed E-state index contributed by atoms with van der Waals surface area (Å²) in [6.07, 6.45) is 0.500. The first-order chi connectivity index (χ1) is 10.0. The highest BCUT2D eigenvalue weighted by Gasteiger charge is 2.35. The van der Waals surface area contributed by atoms with Gasteiger partial charge in [-0.05, 0) is 31.5 Å². The highest BCUT2D eigenvalue weighted by molar-refractivity contribution is 6.34. The van der Waals surface area contributed by atoms with Gasteiger partial charge in [0.15, 0.2) is 0 Å². The zero-order chi connectivity index (χ0) is 15.0. The first-order valence-corrected chi connectivity index (χ1v) is 7.27. The predicted octanol–water partition coefficient (Wildman–Crippen LogP) is 3.60. The molecule has 0 bridgehead atoms. The van der Waals surface area contributed by atoms with Gasteiger partial charge in [-0.15, -0.1) is 0 Å². The third kappa shape index (κ3) is 2.43. The topological polar surface area (TPSA) is 40.5 Å². The summed E-state index contributed by atoms with van der Waals surface area (Å²) in [6, 6.07) is 14.5. The number of para-hydroxylation sites is 1. The third-order valence-electron chi connectivity index (χ3n) is 3.95. The third-order valence-corrected chi connectivity index (χ3v) is 4.28. The number of hydrogen-bond donors (Lipinski definition) is 1. The number of nitrogens with zero attached hydrogens (tertiary/aromatic N) is 1. The fraction of sp³-hybridized carbons (Fsp3) is 0.235. The Hall–Kier alpha value is -1.84. The van der Waals surface area contributed by atoms with Gasteiger partial charge in [-0.3, -0.25) is 4.79 Å². The van der Waals surface area contributed by atoms with Gasteiger partial charge in [0.1, 0.15) is 0 Å². The van der Waals surface area contributed by atoms with Crippen LogP contribution < -0.4 is 4.90 Å². The van der Waals surface area contributed by atoms with Gasteiger partial charge < -0.3 is 10.0 Å². The lowest BCUT2D eigenvalue weighted by atomic mass is 9.87. The molecule has 0 aromatic heterocycles. The molecule has 1 amide bonds. The number of rotatable bonds is 1. The van der Waals surface area contributed by atoms with Gasteiger partial charge >= 0.3 is 0 Å². The van der Waals surface area contributed by atoms with Crippen molar-refractivity contribution in [1.82, 2.24) is 0 Å². The molecular formula is C17H16ClNO2. The van der Waals surface area contributed by atoms with Gasteiger partial charge in [0.2, 0.25) is 0 Å². The lowest BCUT2D eigenvalue weighted by molar-refractivity contribution is 0.0450. The van der Waals surface area contributed by atoms with Crippen LogP contribution in [0.2, 0.25) is 5.02 Å². The number of carbonyl (C=O) groups is 1. The molecule has 0 fully saturated rings. The second kappa shape index (κ2) is 5.17. The Morgan fingerprint density at radius 3 is 2.62 bits per heavy atom. The summed E-state index contributed by atoms with van der Waals surface area (Å²) in [6.45, 7) is 2.25. The molecule has 1 unspecified atom stereocenters. The highest BCUT2D eigenvalue weighted by Crippen LogP contribution is 2.38. The second-order valence-electron chi connectivity index (χ2n) is 5.48. The van der Waals surface area contributed by atoms with Gasteiger partial charge in [0, 0.05) is 12.1 Å². The van der Waals surface area contributed by atoms with E-state index in [1.807, 2.05) is 24.3 Å². The number of benzene rings is 2. The fourth-order valence-corrected chi connectivity index (χ4v) is 2.96. The minimum Gasteiger partial charge on any atom is -0.385 e. The first kappa shape index (κ1) is 14.1. The van der Waals surface area contributed by atoms with Crippen LogP contribution in [-0.4, -0.2) is 17.6 Å². The van der Waals surface area contributed by atoms with Crippen molar-refractivity contribution >= 4 is 23.2 Å². The largest absolute Gasteiger partial charge is 0.385 e. The van der Waals surface area contributed by atoms with E-state index in [9.17, 15) is 9.90 Å². The SMILES string of the molecule is CC1(O)CCN(C(=O)c2ccccc2Cl)c2ccccc21. The monoisotopic (exact) mass is 301 g/mol. The van der Waals surface area contributed by atoms with Crippen LogP contribution in [0.4, 0.5) is 5.69 Å². The number of amides is 1. The fourth-order valence-electron chi connectivity index (χ4n) is 2.74. The highest BCUT2D eigenvalue weighted by atomic mass is 35.5. The Balaban J connectivity index is 2.05. The Labute approximate surface area is 128 Å². The summed E-state index contributed by atoms with van der Waals surface area (Å²) in [7, 11) is 0. The van der Waals surface area contributed by atoms with Crippen molar-refractivity contribution in [2.24, 2.45) is 0 Å². The minimum absolute atomic E-state index is 0.136. The lowest BCUT2D eigenvalue weighted by Crippen LogP contribution is -2.42. The molecule has 4 heteroatoms. The molecule has 108 valence electrons. The molecule has 1 atom stereocenters. The van der Waals surface area contributed by atoms with E-state index in [0.29, 0.717) is 23.6 Å². The predicted molar refractivity (Wildman–Crippen MR) is 83.8 cm³/mol. The van der Waals surface area contributed by atoms with Gasteiger partial charge in [0.25, 0.3) is 5.91 Å². The zero-order valence-electron chi connectivity index (χ0n) is 11.7. The van der Waals surface area contributed by atoms with Gasteiger partial charge in [-0.25, -0.2) is 0 Å². The van der Waals surface area contributed by atoms with E-state index < -0.39 is 5.60 Å². The van der Waals surface area contributed by atoms with Gasteiger partial charge in [0.05, 0.1) is 21.9 Å². The molecule has 1 aliphatic rings. The Morgan fingerprint density at radius 1 is 1.19 bits per heavy atom. The normalized spacial score (nSPS) is 21.0. The number of fused-ring (bicyclic) bond motifs is 1. The Kier molecular flexibility index (Phi) is 3.47. The molecule has 2 aromatic carbocycles. The van der Waals surface area contributed by atoms with Gasteiger partial charge in [-0.2, -0.15) is 0 Å². The minimum atomic E-state index is -0.909. The quantitative estimate of drug-likeness (QED) is 0.874. The number of anilines is 1. The van der Waals surface area contributed by atoms with Crippen LogP contribution in [0.5, 0.6) is 0 Å². The summed E-state index contributed by atoms with van der Waals surface area (Å²) in [5.41, 5.74) is 1.10. The summed E-state index contributed by atoms with van der Waals surface area (Å²) in [4.78, 5) is 14.4. The van der Waals surface area contributed by atoms with Crippen molar-refractivity contribution in [3.05, 3.63) is 64.7 Å². The molecule has 0 saturated carbocycles. The average Bonchev–Trinajstić information content (AvgIpc) is 2.47. The van der Waals surface area contributed by atoms with Crippen LogP contribution in [0.1, 0.15) is 29.3 Å². The maximum Gasteiger partial charge on any atom is 0.259 e. The molecule has 3 rings (SSSR count). The van der Waals surface area contributed by atoms with E-state index in [1.165, 1.54) is 0 Å². The average molecular weight is 302 g/mol. The molecule has 1 heterocycles. The summed E-state index contributed by atoms with van der Waals surface area (Å²) in [5, 5.41) is 10.9. The smallest absolute Gasteiger partial charge is 0.259 e. The van der Waals surface area contributed by atoms with Crippen LogP contribution in [0.25, 0.3) is 0 Å². The molecule has 3 nitrogen and oxygen atoms in total. The van der Waals surface area contributed by atoms with Gasteiger partial charge in [-0.1, -0.05) is 41.9 Å². The van der Waals surface area contributed by atoms with E-state index in [0.717, 1.165) is 11.3 Å². The molecule has 1 N–H and O–H groups in total. The maximum atomic E-state index is 12.8. The lowest BCUT2D eigenvalue weighted by Gasteiger charge is -2.38. The first-order valence-electron chi connectivity index (χ1n) is 6.89. The molecular weight excluding hydrogens is 286 g/mol. The standard InChI is InChI=1S/C17H16ClNO2/c1-17(21)10-11-19(15-9-5-3-7-13(15)17)16(20)12-6-2-4-8-14(12)18/h2-9,21H,10-11H2,1H3. The van der Waals surface area contributed by atoms with Crippen molar-refractivity contribution in [3.8, 4) is 0 Å². The van der Waals surface area contributed by atoms with Crippen LogP contribution in [0, 0.1) is 0 Å². The van der Waals surface area contributed by atoms with E-state index in [4.69, 9.17) is 11.6 Å². The number of aliphatic hydroxyl groups is 1. The number of hydrogen-bond acceptors (Lipinski definition) is 2. The van der Waals surface area contributed by atoms with Crippen molar-refractivity contribution in [3.63, 3.8) is 0 Å². The van der Waals surface area contributed by atoms with Crippen LogP contribution in [0.15, 0.2) is 48.5 Å². The van der Waals surface area contributed by atoms with E-state index in [1.54, 1.807) is 36.1 Å². The Morgan fingerprint density at radius 2 is 1.86 bits per heavy atom. The molecule has 0 aliphatic carbocycles. The van der Waals surface area contributed by atoms with Crippen LogP contribution in [0.3, 0.4) is 0 Å². The molecule has 0 spiro atoms. The molecule has 2 aromatic rings. The second-order valence-corrected chi connectivity index (χ2v) is 5.88. The Bertz CT molecular complexity index is 697. The van der Waals surface area contributed by atoms with E-state index in [2.05, 4.69) is 0 Å². The van der Waals surface area contributed by atoms with Crippen LogP contribution >= 0.6 is 11.6 Å². The van der Waals surface area contributed by atoms with Crippen LogP contribution in [-0.2, 0) is 5.60 Å².